The normalized spacial score (nSPS) is 10.1. The lowest BCUT2D eigenvalue weighted by Gasteiger charge is -2.12. The Morgan fingerprint density at radius 1 is 1.00 bits per heavy atom. The molecule has 2 amide bonds. The molecule has 3 rings (SSSR count). The highest BCUT2D eigenvalue weighted by Crippen LogP contribution is 2.28. The molecular weight excluding hydrogens is 422 g/mol. The maximum absolute atomic E-state index is 12.6. The van der Waals surface area contributed by atoms with Gasteiger partial charge in [-0.2, -0.15) is 5.26 Å². The van der Waals surface area contributed by atoms with Crippen LogP contribution < -0.4 is 25.3 Å². The van der Waals surface area contributed by atoms with E-state index in [0.29, 0.717) is 28.4 Å². The van der Waals surface area contributed by atoms with Crippen LogP contribution in [-0.2, 0) is 17.9 Å². The predicted octanol–water partition coefficient (Wildman–Crippen LogP) is 2.94. The van der Waals surface area contributed by atoms with E-state index in [0.717, 1.165) is 11.1 Å². The second kappa shape index (κ2) is 11.2. The van der Waals surface area contributed by atoms with Gasteiger partial charge in [0.05, 0.1) is 18.7 Å². The molecule has 0 aliphatic carbocycles. The second-order valence-corrected chi connectivity index (χ2v) is 7.01. The second-order valence-electron chi connectivity index (χ2n) is 7.01. The summed E-state index contributed by atoms with van der Waals surface area (Å²) in [4.78, 5) is 23.5. The first-order valence-corrected chi connectivity index (χ1v) is 10.1. The summed E-state index contributed by atoms with van der Waals surface area (Å²) in [6, 6.07) is 21.3. The van der Waals surface area contributed by atoms with Gasteiger partial charge in [-0.05, 0) is 42.0 Å². The SMILES string of the molecule is COc1cc(CNC(=O)c2cccc(OCc3ccccc3C#N)c2)ccc1OCC(N)=O. The summed E-state index contributed by atoms with van der Waals surface area (Å²) in [7, 11) is 1.48. The molecule has 0 heterocycles. The van der Waals surface area contributed by atoms with Crippen molar-refractivity contribution in [3.05, 3.63) is 89.0 Å². The average Bonchev–Trinajstić information content (AvgIpc) is 2.85. The molecule has 0 aromatic heterocycles. The lowest BCUT2D eigenvalue weighted by atomic mass is 10.1. The van der Waals surface area contributed by atoms with Crippen LogP contribution >= 0.6 is 0 Å². The third-order valence-corrected chi connectivity index (χ3v) is 4.68. The fraction of sp³-hybridized carbons (Fsp3) is 0.160. The molecule has 3 N–H and O–H groups in total. The Morgan fingerprint density at radius 3 is 2.58 bits per heavy atom. The molecule has 0 fully saturated rings. The number of carbonyl (C=O) groups excluding carboxylic acids is 2. The van der Waals surface area contributed by atoms with Crippen molar-refractivity contribution in [2.75, 3.05) is 13.7 Å². The van der Waals surface area contributed by atoms with Crippen LogP contribution in [0, 0.1) is 11.3 Å². The van der Waals surface area contributed by atoms with E-state index in [1.54, 1.807) is 54.6 Å². The van der Waals surface area contributed by atoms with Crippen molar-refractivity contribution >= 4 is 11.8 Å². The van der Waals surface area contributed by atoms with E-state index >= 15 is 0 Å². The highest BCUT2D eigenvalue weighted by Gasteiger charge is 2.10. The monoisotopic (exact) mass is 445 g/mol. The summed E-state index contributed by atoms with van der Waals surface area (Å²) in [5.74, 6) is 0.470. The molecule has 0 aliphatic rings. The van der Waals surface area contributed by atoms with Crippen LogP contribution in [0.3, 0.4) is 0 Å². The number of primary amides is 1. The van der Waals surface area contributed by atoms with Gasteiger partial charge in [-0.3, -0.25) is 9.59 Å². The molecule has 0 radical (unpaired) electrons. The fourth-order valence-corrected chi connectivity index (χ4v) is 3.02. The number of nitrogens with two attached hydrogens (primary N) is 1. The van der Waals surface area contributed by atoms with Crippen molar-refractivity contribution < 1.29 is 23.8 Å². The van der Waals surface area contributed by atoms with Crippen LogP contribution in [-0.4, -0.2) is 25.5 Å². The zero-order chi connectivity index (χ0) is 23.6. The first kappa shape index (κ1) is 23.2. The van der Waals surface area contributed by atoms with Gasteiger partial charge in [-0.25, -0.2) is 0 Å². The van der Waals surface area contributed by atoms with Crippen molar-refractivity contribution in [3.8, 4) is 23.3 Å². The van der Waals surface area contributed by atoms with Gasteiger partial charge in [0.25, 0.3) is 11.8 Å². The van der Waals surface area contributed by atoms with Crippen molar-refractivity contribution in [1.29, 1.82) is 5.26 Å². The Labute approximate surface area is 191 Å². The molecule has 0 atom stereocenters. The van der Waals surface area contributed by atoms with Gasteiger partial charge in [0, 0.05) is 17.7 Å². The van der Waals surface area contributed by atoms with E-state index in [1.807, 2.05) is 12.1 Å². The van der Waals surface area contributed by atoms with Gasteiger partial charge in [-0.15, -0.1) is 0 Å². The quantitative estimate of drug-likeness (QED) is 0.495. The molecule has 33 heavy (non-hydrogen) atoms. The summed E-state index contributed by atoms with van der Waals surface area (Å²) < 4.78 is 16.4. The minimum Gasteiger partial charge on any atom is -0.493 e. The Bertz CT molecular complexity index is 1190. The van der Waals surface area contributed by atoms with E-state index in [-0.39, 0.29) is 25.7 Å². The van der Waals surface area contributed by atoms with Gasteiger partial charge < -0.3 is 25.3 Å². The Hall–Kier alpha value is -4.51. The minimum absolute atomic E-state index is 0.221. The summed E-state index contributed by atoms with van der Waals surface area (Å²) in [5, 5.41) is 12.0. The molecule has 0 aliphatic heterocycles. The summed E-state index contributed by atoms with van der Waals surface area (Å²) >= 11 is 0. The molecule has 168 valence electrons. The average molecular weight is 445 g/mol. The Kier molecular flexibility index (Phi) is 7.86. The van der Waals surface area contributed by atoms with Gasteiger partial charge in [-0.1, -0.05) is 30.3 Å². The zero-order valence-corrected chi connectivity index (χ0v) is 18.0. The van der Waals surface area contributed by atoms with Crippen molar-refractivity contribution in [2.45, 2.75) is 13.2 Å². The number of nitriles is 1. The maximum atomic E-state index is 12.6. The highest BCUT2D eigenvalue weighted by molar-refractivity contribution is 5.94. The van der Waals surface area contributed by atoms with E-state index in [1.165, 1.54) is 7.11 Å². The molecule has 0 saturated carbocycles. The van der Waals surface area contributed by atoms with Crippen LogP contribution in [0.2, 0.25) is 0 Å². The molecule has 0 unspecified atom stereocenters. The standard InChI is InChI=1S/C25H23N3O5/c1-31-23-11-17(9-10-22(23)33-16-24(27)29)14-28-25(30)18-7-4-8-21(12-18)32-15-20-6-3-2-5-19(20)13-26/h2-12H,14-16H2,1H3,(H2,27,29)(H,28,30). The topological polar surface area (TPSA) is 124 Å². The number of benzene rings is 3. The first-order valence-electron chi connectivity index (χ1n) is 10.1. The van der Waals surface area contributed by atoms with E-state index in [4.69, 9.17) is 19.9 Å². The van der Waals surface area contributed by atoms with Gasteiger partial charge in [0.2, 0.25) is 0 Å². The third kappa shape index (κ3) is 6.48. The van der Waals surface area contributed by atoms with Gasteiger partial charge in [0.1, 0.15) is 12.4 Å². The van der Waals surface area contributed by atoms with Crippen molar-refractivity contribution in [1.82, 2.24) is 5.32 Å². The number of ether oxygens (including phenoxy) is 3. The smallest absolute Gasteiger partial charge is 0.255 e. The van der Waals surface area contributed by atoms with E-state index < -0.39 is 5.91 Å². The van der Waals surface area contributed by atoms with Crippen LogP contribution in [0.15, 0.2) is 66.7 Å². The first-order chi connectivity index (χ1) is 16.0. The number of nitrogens with zero attached hydrogens (tertiary/aromatic N) is 1. The molecule has 3 aromatic carbocycles. The Balaban J connectivity index is 1.60. The summed E-state index contributed by atoms with van der Waals surface area (Å²) in [6.07, 6.45) is 0. The van der Waals surface area contributed by atoms with Crippen LogP contribution in [0.4, 0.5) is 0 Å². The third-order valence-electron chi connectivity index (χ3n) is 4.68. The molecule has 3 aromatic rings. The number of methoxy groups -OCH3 is 1. The Morgan fingerprint density at radius 2 is 1.82 bits per heavy atom. The number of rotatable bonds is 10. The molecule has 0 spiro atoms. The number of hydrogen-bond donors (Lipinski definition) is 2. The fourth-order valence-electron chi connectivity index (χ4n) is 3.02. The highest BCUT2D eigenvalue weighted by atomic mass is 16.5. The van der Waals surface area contributed by atoms with E-state index in [2.05, 4.69) is 11.4 Å². The van der Waals surface area contributed by atoms with Crippen molar-refractivity contribution in [2.24, 2.45) is 5.73 Å². The molecule has 8 nitrogen and oxygen atoms in total. The van der Waals surface area contributed by atoms with Crippen LogP contribution in [0.1, 0.15) is 27.0 Å². The van der Waals surface area contributed by atoms with Crippen LogP contribution in [0.25, 0.3) is 0 Å². The van der Waals surface area contributed by atoms with Gasteiger partial charge >= 0.3 is 0 Å². The molecular formula is C25H23N3O5. The molecule has 8 heteroatoms. The van der Waals surface area contributed by atoms with Crippen molar-refractivity contribution in [3.63, 3.8) is 0 Å². The minimum atomic E-state index is -0.589. The largest absolute Gasteiger partial charge is 0.493 e. The maximum Gasteiger partial charge on any atom is 0.255 e. The molecule has 0 saturated heterocycles. The predicted molar refractivity (Wildman–Crippen MR) is 121 cm³/mol. The number of hydrogen-bond acceptors (Lipinski definition) is 6. The number of amides is 2. The van der Waals surface area contributed by atoms with E-state index in [9.17, 15) is 14.9 Å². The molecule has 0 bridgehead atoms. The lowest BCUT2D eigenvalue weighted by molar-refractivity contribution is -0.119. The lowest BCUT2D eigenvalue weighted by Crippen LogP contribution is -2.23. The van der Waals surface area contributed by atoms with Crippen LogP contribution in [0.5, 0.6) is 17.2 Å². The van der Waals surface area contributed by atoms with Gasteiger partial charge in [0.15, 0.2) is 18.1 Å². The number of nitrogens with one attached hydrogen (secondary N) is 1. The zero-order valence-electron chi connectivity index (χ0n) is 18.0. The number of carbonyl (C=O) groups is 2. The summed E-state index contributed by atoms with van der Waals surface area (Å²) in [5.41, 5.74) is 7.64. The summed E-state index contributed by atoms with van der Waals surface area (Å²) in [6.45, 7) is 0.220.